The van der Waals surface area contributed by atoms with Crippen LogP contribution in [0, 0.1) is 17.0 Å². The number of carbonyl (C=O) groups is 1. The first-order chi connectivity index (χ1) is 11.4. The van der Waals surface area contributed by atoms with Crippen molar-refractivity contribution in [3.05, 3.63) is 62.1 Å². The Balaban J connectivity index is 2.02. The van der Waals surface area contributed by atoms with E-state index in [1.54, 1.807) is 19.1 Å². The van der Waals surface area contributed by atoms with Gasteiger partial charge >= 0.3 is 0 Å². The molecule has 0 bridgehead atoms. The summed E-state index contributed by atoms with van der Waals surface area (Å²) in [4.78, 5) is 22.5. The van der Waals surface area contributed by atoms with Gasteiger partial charge in [0.15, 0.2) is 6.61 Å². The second-order valence-corrected chi connectivity index (χ2v) is 6.02. The summed E-state index contributed by atoms with van der Waals surface area (Å²) in [5, 5.41) is 13.6. The summed E-state index contributed by atoms with van der Waals surface area (Å²) in [6.45, 7) is 3.46. The molecular formula is C17H17BrN2O4. The second kappa shape index (κ2) is 7.92. The molecule has 0 saturated heterocycles. The van der Waals surface area contributed by atoms with Gasteiger partial charge in [-0.1, -0.05) is 19.1 Å². The molecule has 0 saturated carbocycles. The normalized spacial score (nSPS) is 10.3. The Labute approximate surface area is 148 Å². The Morgan fingerprint density at radius 1 is 1.33 bits per heavy atom. The molecule has 2 aromatic rings. The van der Waals surface area contributed by atoms with Gasteiger partial charge in [-0.25, -0.2) is 0 Å². The number of nitro groups is 1. The maximum Gasteiger partial charge on any atom is 0.274 e. The number of hydrogen-bond donors (Lipinski definition) is 1. The summed E-state index contributed by atoms with van der Waals surface area (Å²) in [5.74, 6) is 0.184. The molecule has 0 aliphatic rings. The lowest BCUT2D eigenvalue weighted by atomic mass is 10.1. The van der Waals surface area contributed by atoms with Crippen LogP contribution >= 0.6 is 15.9 Å². The first kappa shape index (κ1) is 17.9. The number of nitrogens with one attached hydrogen (secondary N) is 1. The third kappa shape index (κ3) is 4.32. The number of nitrogens with zero attached hydrogens (tertiary/aromatic N) is 1. The van der Waals surface area contributed by atoms with Gasteiger partial charge in [0.2, 0.25) is 0 Å². The Bertz CT molecular complexity index is 777. The molecule has 1 N–H and O–H groups in total. The molecule has 126 valence electrons. The highest BCUT2D eigenvalue weighted by Gasteiger charge is 2.15. The van der Waals surface area contributed by atoms with E-state index in [0.717, 1.165) is 16.5 Å². The summed E-state index contributed by atoms with van der Waals surface area (Å²) in [6, 6.07) is 10.2. The van der Waals surface area contributed by atoms with Gasteiger partial charge in [-0.3, -0.25) is 14.9 Å². The molecule has 0 aliphatic carbocycles. The van der Waals surface area contributed by atoms with Gasteiger partial charge in [-0.15, -0.1) is 0 Å². The van der Waals surface area contributed by atoms with Crippen LogP contribution in [0.5, 0.6) is 5.75 Å². The van der Waals surface area contributed by atoms with E-state index in [-0.39, 0.29) is 18.2 Å². The van der Waals surface area contributed by atoms with Crippen LogP contribution in [-0.4, -0.2) is 17.4 Å². The average Bonchev–Trinajstić information content (AvgIpc) is 2.55. The highest BCUT2D eigenvalue weighted by Crippen LogP contribution is 2.27. The van der Waals surface area contributed by atoms with E-state index >= 15 is 0 Å². The van der Waals surface area contributed by atoms with Crippen LogP contribution in [0.3, 0.4) is 0 Å². The number of ether oxygens (including phenoxy) is 1. The standard InChI is InChI=1S/C17H17BrN2O4/c1-3-12-7-8-16(13(18)9-12)24-10-17(21)19-14-5-4-6-15(11(14)2)20(22)23/h4-9H,3,10H2,1-2H3,(H,19,21). The maximum atomic E-state index is 12.0. The molecule has 2 rings (SSSR count). The van der Waals surface area contributed by atoms with E-state index < -0.39 is 4.92 Å². The highest BCUT2D eigenvalue weighted by atomic mass is 79.9. The Morgan fingerprint density at radius 3 is 2.71 bits per heavy atom. The van der Waals surface area contributed by atoms with E-state index in [1.807, 2.05) is 12.1 Å². The summed E-state index contributed by atoms with van der Waals surface area (Å²) in [5.41, 5.74) is 1.93. The predicted octanol–water partition coefficient (Wildman–Crippen LogP) is 4.25. The van der Waals surface area contributed by atoms with E-state index in [4.69, 9.17) is 4.74 Å². The number of amides is 1. The van der Waals surface area contributed by atoms with Crippen molar-refractivity contribution >= 4 is 33.2 Å². The molecule has 0 aliphatic heterocycles. The van der Waals surface area contributed by atoms with Crippen molar-refractivity contribution in [3.8, 4) is 5.75 Å². The smallest absolute Gasteiger partial charge is 0.274 e. The summed E-state index contributed by atoms with van der Waals surface area (Å²) < 4.78 is 6.27. The molecule has 7 heteroatoms. The molecule has 0 unspecified atom stereocenters. The maximum absolute atomic E-state index is 12.0. The van der Waals surface area contributed by atoms with Crippen LogP contribution in [0.4, 0.5) is 11.4 Å². The Kier molecular flexibility index (Phi) is 5.92. The van der Waals surface area contributed by atoms with Crippen LogP contribution in [0.1, 0.15) is 18.1 Å². The number of aryl methyl sites for hydroxylation is 1. The fourth-order valence-corrected chi connectivity index (χ4v) is 2.71. The molecule has 0 aromatic heterocycles. The molecule has 0 spiro atoms. The largest absolute Gasteiger partial charge is 0.483 e. The number of anilines is 1. The number of benzene rings is 2. The van der Waals surface area contributed by atoms with Crippen LogP contribution in [0.2, 0.25) is 0 Å². The quantitative estimate of drug-likeness (QED) is 0.588. The minimum absolute atomic E-state index is 0.0355. The van der Waals surface area contributed by atoms with E-state index in [2.05, 4.69) is 28.2 Å². The molecule has 0 fully saturated rings. The van der Waals surface area contributed by atoms with Gasteiger partial charge in [-0.2, -0.15) is 0 Å². The lowest BCUT2D eigenvalue weighted by Gasteiger charge is -2.11. The monoisotopic (exact) mass is 392 g/mol. The first-order valence-corrected chi connectivity index (χ1v) is 8.16. The van der Waals surface area contributed by atoms with Crippen molar-refractivity contribution in [3.63, 3.8) is 0 Å². The fraction of sp³-hybridized carbons (Fsp3) is 0.235. The topological polar surface area (TPSA) is 81.5 Å². The SMILES string of the molecule is CCc1ccc(OCC(=O)Nc2cccc([N+](=O)[O-])c2C)c(Br)c1. The zero-order valence-corrected chi connectivity index (χ0v) is 14.9. The first-order valence-electron chi connectivity index (χ1n) is 7.37. The Hall–Kier alpha value is -2.41. The third-order valence-corrected chi connectivity index (χ3v) is 4.16. The van der Waals surface area contributed by atoms with Crippen LogP contribution < -0.4 is 10.1 Å². The van der Waals surface area contributed by atoms with Crippen molar-refractivity contribution in [1.82, 2.24) is 0 Å². The number of carbonyl (C=O) groups excluding carboxylic acids is 1. The molecule has 2 aromatic carbocycles. The minimum Gasteiger partial charge on any atom is -0.483 e. The molecule has 0 heterocycles. The lowest BCUT2D eigenvalue weighted by Crippen LogP contribution is -2.21. The van der Waals surface area contributed by atoms with Gasteiger partial charge in [0.05, 0.1) is 20.6 Å². The van der Waals surface area contributed by atoms with Gasteiger partial charge in [0.1, 0.15) is 5.75 Å². The zero-order chi connectivity index (χ0) is 17.7. The van der Waals surface area contributed by atoms with Crippen molar-refractivity contribution in [2.45, 2.75) is 20.3 Å². The van der Waals surface area contributed by atoms with Gasteiger partial charge in [-0.05, 0) is 53.0 Å². The zero-order valence-electron chi connectivity index (χ0n) is 13.3. The fourth-order valence-electron chi connectivity index (χ4n) is 2.17. The lowest BCUT2D eigenvalue weighted by molar-refractivity contribution is -0.385. The van der Waals surface area contributed by atoms with E-state index in [9.17, 15) is 14.9 Å². The Morgan fingerprint density at radius 2 is 2.08 bits per heavy atom. The minimum atomic E-state index is -0.478. The van der Waals surface area contributed by atoms with Crippen molar-refractivity contribution < 1.29 is 14.5 Å². The third-order valence-electron chi connectivity index (χ3n) is 3.54. The molecule has 6 nitrogen and oxygen atoms in total. The van der Waals surface area contributed by atoms with Gasteiger partial charge in [0, 0.05) is 6.07 Å². The van der Waals surface area contributed by atoms with Crippen LogP contribution in [0.15, 0.2) is 40.9 Å². The van der Waals surface area contributed by atoms with Gasteiger partial charge < -0.3 is 10.1 Å². The van der Waals surface area contributed by atoms with Crippen molar-refractivity contribution in [2.24, 2.45) is 0 Å². The predicted molar refractivity (Wildman–Crippen MR) is 95.5 cm³/mol. The summed E-state index contributed by atoms with van der Waals surface area (Å²) >= 11 is 3.41. The highest BCUT2D eigenvalue weighted by molar-refractivity contribution is 9.10. The average molecular weight is 393 g/mol. The van der Waals surface area contributed by atoms with Crippen molar-refractivity contribution in [1.29, 1.82) is 0 Å². The van der Waals surface area contributed by atoms with Crippen LogP contribution in [-0.2, 0) is 11.2 Å². The number of nitro benzene ring substituents is 1. The molecule has 0 atom stereocenters. The second-order valence-electron chi connectivity index (χ2n) is 5.16. The molecule has 24 heavy (non-hydrogen) atoms. The number of halogens is 1. The van der Waals surface area contributed by atoms with Crippen molar-refractivity contribution in [2.75, 3.05) is 11.9 Å². The summed E-state index contributed by atoms with van der Waals surface area (Å²) in [7, 11) is 0. The molecular weight excluding hydrogens is 376 g/mol. The number of rotatable bonds is 6. The molecule has 0 radical (unpaired) electrons. The van der Waals surface area contributed by atoms with Gasteiger partial charge in [0.25, 0.3) is 11.6 Å². The van der Waals surface area contributed by atoms with Crippen LogP contribution in [0.25, 0.3) is 0 Å². The van der Waals surface area contributed by atoms with E-state index in [1.165, 1.54) is 12.1 Å². The van der Waals surface area contributed by atoms with E-state index in [0.29, 0.717) is 17.0 Å². The number of hydrogen-bond acceptors (Lipinski definition) is 4. The molecule has 1 amide bonds. The summed E-state index contributed by atoms with van der Waals surface area (Å²) in [6.07, 6.45) is 0.908.